The Morgan fingerprint density at radius 2 is 2.04 bits per heavy atom. The molecule has 122 valence electrons. The summed E-state index contributed by atoms with van der Waals surface area (Å²) in [4.78, 5) is 16.1. The first-order valence-electron chi connectivity index (χ1n) is 7.32. The summed E-state index contributed by atoms with van der Waals surface area (Å²) in [5.41, 5.74) is 1.22. The van der Waals surface area contributed by atoms with Crippen molar-refractivity contribution in [3.63, 3.8) is 0 Å². The zero-order chi connectivity index (χ0) is 17.4. The number of carbonyl (C=O) groups is 1. The zero-order valence-electron chi connectivity index (χ0n) is 13.4. The third-order valence-electron chi connectivity index (χ3n) is 3.10. The summed E-state index contributed by atoms with van der Waals surface area (Å²) in [7, 11) is 1.55. The van der Waals surface area contributed by atoms with Crippen LogP contribution in [0.2, 0.25) is 0 Å². The van der Waals surface area contributed by atoms with Gasteiger partial charge in [0, 0.05) is 18.1 Å². The van der Waals surface area contributed by atoms with E-state index >= 15 is 0 Å². The first kappa shape index (κ1) is 17.0. The Hall–Kier alpha value is -3.33. The number of ether oxygens (including phenoxy) is 2. The predicted molar refractivity (Wildman–Crippen MR) is 90.6 cm³/mol. The van der Waals surface area contributed by atoms with Gasteiger partial charge in [-0.1, -0.05) is 6.07 Å². The summed E-state index contributed by atoms with van der Waals surface area (Å²) in [5, 5.41) is 11.9. The number of nitrogens with zero attached hydrogens (tertiary/aromatic N) is 2. The van der Waals surface area contributed by atoms with Crippen LogP contribution in [0.25, 0.3) is 6.08 Å². The van der Waals surface area contributed by atoms with Gasteiger partial charge in [-0.05, 0) is 42.8 Å². The maximum Gasteiger partial charge on any atom is 0.266 e. The summed E-state index contributed by atoms with van der Waals surface area (Å²) >= 11 is 0. The molecule has 24 heavy (non-hydrogen) atoms. The number of hydrogen-bond acceptors (Lipinski definition) is 5. The van der Waals surface area contributed by atoms with Crippen molar-refractivity contribution < 1.29 is 14.3 Å². The minimum atomic E-state index is -0.488. The molecule has 6 heteroatoms. The molecule has 2 rings (SSSR count). The highest BCUT2D eigenvalue weighted by Crippen LogP contribution is 2.29. The molecule has 0 saturated heterocycles. The van der Waals surface area contributed by atoms with Crippen LogP contribution in [0.3, 0.4) is 0 Å². The van der Waals surface area contributed by atoms with Gasteiger partial charge in [0.2, 0.25) is 0 Å². The number of benzene rings is 1. The molecule has 1 N–H and O–H groups in total. The van der Waals surface area contributed by atoms with Gasteiger partial charge in [0.25, 0.3) is 5.91 Å². The number of nitriles is 1. The SMILES string of the molecule is CCOc1cc(/C=C(\C#N)C(=O)Nc2ccncc2)ccc1OC. The second-order valence-corrected chi connectivity index (χ2v) is 4.70. The Labute approximate surface area is 140 Å². The van der Waals surface area contributed by atoms with Gasteiger partial charge in [-0.15, -0.1) is 0 Å². The number of hydrogen-bond donors (Lipinski definition) is 1. The van der Waals surface area contributed by atoms with Gasteiger partial charge in [-0.25, -0.2) is 0 Å². The number of anilines is 1. The topological polar surface area (TPSA) is 84.2 Å². The first-order valence-corrected chi connectivity index (χ1v) is 7.32. The summed E-state index contributed by atoms with van der Waals surface area (Å²) < 4.78 is 10.7. The maximum absolute atomic E-state index is 12.2. The van der Waals surface area contributed by atoms with Crippen LogP contribution in [0.5, 0.6) is 11.5 Å². The van der Waals surface area contributed by atoms with Crippen molar-refractivity contribution in [3.05, 3.63) is 53.9 Å². The van der Waals surface area contributed by atoms with Crippen molar-refractivity contribution >= 4 is 17.7 Å². The molecule has 0 bridgehead atoms. The smallest absolute Gasteiger partial charge is 0.266 e. The number of carbonyl (C=O) groups excluding carboxylic acids is 1. The molecule has 1 aromatic carbocycles. The molecule has 0 atom stereocenters. The van der Waals surface area contributed by atoms with Crippen LogP contribution < -0.4 is 14.8 Å². The highest BCUT2D eigenvalue weighted by Gasteiger charge is 2.11. The van der Waals surface area contributed by atoms with Gasteiger partial charge < -0.3 is 14.8 Å². The minimum Gasteiger partial charge on any atom is -0.493 e. The van der Waals surface area contributed by atoms with E-state index in [1.54, 1.807) is 49.8 Å². The molecule has 0 aliphatic carbocycles. The largest absolute Gasteiger partial charge is 0.493 e. The highest BCUT2D eigenvalue weighted by molar-refractivity contribution is 6.09. The van der Waals surface area contributed by atoms with Gasteiger partial charge >= 0.3 is 0 Å². The number of methoxy groups -OCH3 is 1. The molecule has 1 aromatic heterocycles. The van der Waals surface area contributed by atoms with Gasteiger partial charge in [-0.2, -0.15) is 5.26 Å². The second kappa shape index (κ2) is 8.34. The Kier molecular flexibility index (Phi) is 5.92. The van der Waals surface area contributed by atoms with Gasteiger partial charge in [0.05, 0.1) is 13.7 Å². The molecule has 0 saturated carbocycles. The minimum absolute atomic E-state index is 0.0144. The normalized spacial score (nSPS) is 10.6. The lowest BCUT2D eigenvalue weighted by atomic mass is 10.1. The molecule has 6 nitrogen and oxygen atoms in total. The van der Waals surface area contributed by atoms with Crippen molar-refractivity contribution in [2.24, 2.45) is 0 Å². The van der Waals surface area contributed by atoms with Crippen molar-refractivity contribution in [2.45, 2.75) is 6.92 Å². The molecule has 0 radical (unpaired) electrons. The van der Waals surface area contributed by atoms with Crippen LogP contribution in [0, 0.1) is 11.3 Å². The van der Waals surface area contributed by atoms with Crippen molar-refractivity contribution in [1.29, 1.82) is 5.26 Å². The molecule has 1 heterocycles. The molecule has 0 fully saturated rings. The van der Waals surface area contributed by atoms with Crippen LogP contribution in [0.1, 0.15) is 12.5 Å². The molecule has 1 amide bonds. The molecular weight excluding hydrogens is 306 g/mol. The first-order chi connectivity index (χ1) is 11.7. The van der Waals surface area contributed by atoms with Gasteiger partial charge in [-0.3, -0.25) is 9.78 Å². The van der Waals surface area contributed by atoms with Crippen LogP contribution in [-0.4, -0.2) is 24.6 Å². The number of nitrogens with one attached hydrogen (secondary N) is 1. The molecular formula is C18H17N3O3. The third kappa shape index (κ3) is 4.34. The van der Waals surface area contributed by atoms with Crippen molar-refractivity contribution in [1.82, 2.24) is 4.98 Å². The predicted octanol–water partition coefficient (Wildman–Crippen LogP) is 3.03. The average Bonchev–Trinajstić information content (AvgIpc) is 2.61. The number of rotatable bonds is 6. The Bertz CT molecular complexity index is 780. The van der Waals surface area contributed by atoms with Crippen LogP contribution in [0.15, 0.2) is 48.3 Å². The van der Waals surface area contributed by atoms with E-state index in [0.29, 0.717) is 29.4 Å². The number of pyridine rings is 1. The molecule has 0 spiro atoms. The maximum atomic E-state index is 12.2. The van der Waals surface area contributed by atoms with Crippen LogP contribution in [-0.2, 0) is 4.79 Å². The van der Waals surface area contributed by atoms with Crippen LogP contribution in [0.4, 0.5) is 5.69 Å². The lowest BCUT2D eigenvalue weighted by Gasteiger charge is -2.10. The summed E-state index contributed by atoms with van der Waals surface area (Å²) in [6.07, 6.45) is 4.62. The second-order valence-electron chi connectivity index (χ2n) is 4.70. The van der Waals surface area contributed by atoms with E-state index in [-0.39, 0.29) is 5.57 Å². The molecule has 2 aromatic rings. The average molecular weight is 323 g/mol. The third-order valence-corrected chi connectivity index (χ3v) is 3.10. The van der Waals surface area contributed by atoms with Crippen molar-refractivity contribution in [2.75, 3.05) is 19.0 Å². The van der Waals surface area contributed by atoms with E-state index in [4.69, 9.17) is 9.47 Å². The lowest BCUT2D eigenvalue weighted by Crippen LogP contribution is -2.13. The fraction of sp³-hybridized carbons (Fsp3) is 0.167. The van der Waals surface area contributed by atoms with E-state index in [1.807, 2.05) is 13.0 Å². The Morgan fingerprint density at radius 1 is 1.29 bits per heavy atom. The Balaban J connectivity index is 2.25. The van der Waals surface area contributed by atoms with E-state index in [2.05, 4.69) is 10.3 Å². The summed E-state index contributed by atoms with van der Waals surface area (Å²) in [6.45, 7) is 2.35. The number of aromatic nitrogens is 1. The van der Waals surface area contributed by atoms with E-state index in [1.165, 1.54) is 6.08 Å². The van der Waals surface area contributed by atoms with Crippen molar-refractivity contribution in [3.8, 4) is 17.6 Å². The highest BCUT2D eigenvalue weighted by atomic mass is 16.5. The van der Waals surface area contributed by atoms with Gasteiger partial charge in [0.1, 0.15) is 11.6 Å². The summed E-state index contributed by atoms with van der Waals surface area (Å²) in [6, 6.07) is 10.4. The Morgan fingerprint density at radius 3 is 2.67 bits per heavy atom. The summed E-state index contributed by atoms with van der Waals surface area (Å²) in [5.74, 6) is 0.659. The standard InChI is InChI=1S/C18H17N3O3/c1-3-24-17-11-13(4-5-16(17)23-2)10-14(12-19)18(22)21-15-6-8-20-9-7-15/h4-11H,3H2,1-2H3,(H,20,21,22)/b14-10+. The lowest BCUT2D eigenvalue weighted by molar-refractivity contribution is -0.112. The van der Waals surface area contributed by atoms with Gasteiger partial charge in [0.15, 0.2) is 11.5 Å². The van der Waals surface area contributed by atoms with E-state index in [0.717, 1.165) is 0 Å². The van der Waals surface area contributed by atoms with Crippen LogP contribution >= 0.6 is 0 Å². The fourth-order valence-electron chi connectivity index (χ4n) is 2.00. The molecule has 0 aliphatic rings. The fourth-order valence-corrected chi connectivity index (χ4v) is 2.00. The number of amides is 1. The zero-order valence-corrected chi connectivity index (χ0v) is 13.4. The molecule has 0 aliphatic heterocycles. The molecule has 0 unspecified atom stereocenters. The van der Waals surface area contributed by atoms with E-state index in [9.17, 15) is 10.1 Å². The monoisotopic (exact) mass is 323 g/mol. The quantitative estimate of drug-likeness (QED) is 0.652. The van der Waals surface area contributed by atoms with E-state index < -0.39 is 5.91 Å².